The summed E-state index contributed by atoms with van der Waals surface area (Å²) >= 11 is 0. The van der Waals surface area contributed by atoms with Gasteiger partial charge in [0.05, 0.1) is 18.8 Å². The number of benzene rings is 2. The summed E-state index contributed by atoms with van der Waals surface area (Å²) in [4.78, 5) is 21.4. The van der Waals surface area contributed by atoms with Gasteiger partial charge in [-0.25, -0.2) is 4.99 Å². The van der Waals surface area contributed by atoms with E-state index >= 15 is 0 Å². The molecule has 3 rings (SSSR count). The normalized spacial score (nSPS) is 19.5. The Labute approximate surface area is 179 Å². The Balaban J connectivity index is 1.58. The average Bonchev–Trinajstić information content (AvgIpc) is 2.73. The molecule has 0 aromatic heterocycles. The van der Waals surface area contributed by atoms with Gasteiger partial charge in [-0.3, -0.25) is 4.79 Å². The molecule has 0 saturated carbocycles. The van der Waals surface area contributed by atoms with Gasteiger partial charge in [0, 0.05) is 39.3 Å². The molecular weight excluding hydrogens is 376 g/mol. The van der Waals surface area contributed by atoms with Gasteiger partial charge in [-0.05, 0) is 37.1 Å². The number of rotatable bonds is 5. The molecule has 2 aromatic carbocycles. The standard InChI is InChI=1S/C24H32N4O2/c1-18-16-28(17-19(2)30-18)23(29)22-12-10-21(11-13-22)15-26-24(27(3)4)25-14-20-8-6-5-7-9-20/h5-13,18-19H,14-17H2,1-4H3,(H,25,26). The van der Waals surface area contributed by atoms with Crippen LogP contribution in [-0.2, 0) is 17.8 Å². The van der Waals surface area contributed by atoms with Gasteiger partial charge in [0.25, 0.3) is 5.91 Å². The van der Waals surface area contributed by atoms with Crippen molar-refractivity contribution in [3.8, 4) is 0 Å². The first-order valence-corrected chi connectivity index (χ1v) is 10.5. The fraction of sp³-hybridized carbons (Fsp3) is 0.417. The summed E-state index contributed by atoms with van der Waals surface area (Å²) in [5, 5.41) is 3.39. The van der Waals surface area contributed by atoms with Crippen LogP contribution in [0.3, 0.4) is 0 Å². The van der Waals surface area contributed by atoms with Crippen LogP contribution in [0.5, 0.6) is 0 Å². The second-order valence-corrected chi connectivity index (χ2v) is 8.04. The second-order valence-electron chi connectivity index (χ2n) is 8.04. The molecule has 1 heterocycles. The van der Waals surface area contributed by atoms with E-state index in [-0.39, 0.29) is 18.1 Å². The number of nitrogens with one attached hydrogen (secondary N) is 1. The van der Waals surface area contributed by atoms with Gasteiger partial charge in [-0.15, -0.1) is 0 Å². The maximum atomic E-state index is 12.8. The molecule has 0 bridgehead atoms. The molecule has 1 aliphatic heterocycles. The second kappa shape index (κ2) is 10.3. The summed E-state index contributed by atoms with van der Waals surface area (Å²) in [5.74, 6) is 0.894. The number of morpholine rings is 1. The number of amides is 1. The summed E-state index contributed by atoms with van der Waals surface area (Å²) in [7, 11) is 3.95. The third-order valence-electron chi connectivity index (χ3n) is 5.04. The number of aliphatic imine (C=N–C) groups is 1. The van der Waals surface area contributed by atoms with Gasteiger partial charge in [0.1, 0.15) is 0 Å². The van der Waals surface area contributed by atoms with Gasteiger partial charge in [-0.2, -0.15) is 0 Å². The van der Waals surface area contributed by atoms with E-state index in [1.165, 1.54) is 5.56 Å². The third-order valence-corrected chi connectivity index (χ3v) is 5.04. The van der Waals surface area contributed by atoms with Crippen molar-refractivity contribution >= 4 is 11.9 Å². The zero-order valence-electron chi connectivity index (χ0n) is 18.3. The number of hydrogen-bond acceptors (Lipinski definition) is 3. The Bertz CT molecular complexity index is 839. The maximum absolute atomic E-state index is 12.8. The van der Waals surface area contributed by atoms with Crippen molar-refractivity contribution in [3.63, 3.8) is 0 Å². The van der Waals surface area contributed by atoms with Gasteiger partial charge in [0.15, 0.2) is 5.96 Å². The number of ether oxygens (including phenoxy) is 1. The minimum absolute atomic E-state index is 0.0647. The van der Waals surface area contributed by atoms with E-state index in [2.05, 4.69) is 22.4 Å². The maximum Gasteiger partial charge on any atom is 0.254 e. The molecule has 6 heteroatoms. The minimum Gasteiger partial charge on any atom is -0.372 e. The highest BCUT2D eigenvalue weighted by molar-refractivity contribution is 5.94. The molecule has 1 amide bonds. The number of nitrogens with zero attached hydrogens (tertiary/aromatic N) is 3. The molecule has 160 valence electrons. The third kappa shape index (κ3) is 6.07. The fourth-order valence-electron chi connectivity index (χ4n) is 3.58. The molecule has 1 N–H and O–H groups in total. The summed E-state index contributed by atoms with van der Waals surface area (Å²) in [5.41, 5.74) is 2.99. The molecule has 0 radical (unpaired) electrons. The zero-order valence-corrected chi connectivity index (χ0v) is 18.3. The summed E-state index contributed by atoms with van der Waals surface area (Å²) in [6.45, 7) is 6.56. The van der Waals surface area contributed by atoms with Crippen molar-refractivity contribution in [2.75, 3.05) is 27.2 Å². The van der Waals surface area contributed by atoms with Crippen molar-refractivity contribution < 1.29 is 9.53 Å². The highest BCUT2D eigenvalue weighted by atomic mass is 16.5. The fourth-order valence-corrected chi connectivity index (χ4v) is 3.58. The monoisotopic (exact) mass is 408 g/mol. The Morgan fingerprint density at radius 3 is 2.27 bits per heavy atom. The first-order valence-electron chi connectivity index (χ1n) is 10.5. The molecule has 2 atom stereocenters. The van der Waals surface area contributed by atoms with E-state index in [1.807, 2.05) is 80.2 Å². The summed E-state index contributed by atoms with van der Waals surface area (Å²) < 4.78 is 5.73. The topological polar surface area (TPSA) is 57.2 Å². The van der Waals surface area contributed by atoms with Crippen LogP contribution in [0.2, 0.25) is 0 Å². The van der Waals surface area contributed by atoms with E-state index in [9.17, 15) is 4.79 Å². The largest absolute Gasteiger partial charge is 0.372 e. The van der Waals surface area contributed by atoms with E-state index in [0.717, 1.165) is 11.5 Å². The van der Waals surface area contributed by atoms with Crippen LogP contribution in [0, 0.1) is 0 Å². The first kappa shape index (κ1) is 21.8. The Morgan fingerprint density at radius 1 is 1.03 bits per heavy atom. The lowest BCUT2D eigenvalue weighted by Crippen LogP contribution is -2.48. The quantitative estimate of drug-likeness (QED) is 0.610. The van der Waals surface area contributed by atoms with Crippen LogP contribution in [0.4, 0.5) is 0 Å². The van der Waals surface area contributed by atoms with Gasteiger partial charge in [0.2, 0.25) is 0 Å². The SMILES string of the molecule is CC1CN(C(=O)c2ccc(CNC(=NCc3ccccc3)N(C)C)cc2)CC(C)O1. The number of carbonyl (C=O) groups excluding carboxylic acids is 1. The van der Waals surface area contributed by atoms with Gasteiger partial charge >= 0.3 is 0 Å². The number of carbonyl (C=O) groups is 1. The van der Waals surface area contributed by atoms with Crippen LogP contribution in [0.25, 0.3) is 0 Å². The van der Waals surface area contributed by atoms with Crippen LogP contribution >= 0.6 is 0 Å². The smallest absolute Gasteiger partial charge is 0.254 e. The Morgan fingerprint density at radius 2 is 1.67 bits per heavy atom. The number of hydrogen-bond donors (Lipinski definition) is 1. The van der Waals surface area contributed by atoms with E-state index in [1.54, 1.807) is 0 Å². The van der Waals surface area contributed by atoms with Crippen molar-refractivity contribution in [2.45, 2.75) is 39.1 Å². The van der Waals surface area contributed by atoms with Crippen molar-refractivity contribution in [2.24, 2.45) is 4.99 Å². The minimum atomic E-state index is 0.0647. The molecule has 6 nitrogen and oxygen atoms in total. The first-order chi connectivity index (χ1) is 14.4. The average molecular weight is 409 g/mol. The van der Waals surface area contributed by atoms with Crippen LogP contribution in [0.1, 0.15) is 35.3 Å². The Hall–Kier alpha value is -2.86. The Kier molecular flexibility index (Phi) is 7.46. The summed E-state index contributed by atoms with van der Waals surface area (Å²) in [6.07, 6.45) is 0.140. The van der Waals surface area contributed by atoms with Crippen LogP contribution < -0.4 is 5.32 Å². The van der Waals surface area contributed by atoms with Crippen molar-refractivity contribution in [3.05, 3.63) is 71.3 Å². The molecule has 30 heavy (non-hydrogen) atoms. The lowest BCUT2D eigenvalue weighted by molar-refractivity contribution is -0.0586. The number of guanidine groups is 1. The lowest BCUT2D eigenvalue weighted by Gasteiger charge is -2.35. The van der Waals surface area contributed by atoms with Crippen LogP contribution in [-0.4, -0.2) is 61.1 Å². The molecule has 1 aliphatic rings. The highest BCUT2D eigenvalue weighted by Gasteiger charge is 2.26. The van der Waals surface area contributed by atoms with Gasteiger partial charge < -0.3 is 19.9 Å². The molecule has 1 saturated heterocycles. The summed E-state index contributed by atoms with van der Waals surface area (Å²) in [6, 6.07) is 18.0. The molecule has 2 unspecified atom stereocenters. The van der Waals surface area contributed by atoms with E-state index in [0.29, 0.717) is 31.7 Å². The molecular formula is C24H32N4O2. The van der Waals surface area contributed by atoms with Gasteiger partial charge in [-0.1, -0.05) is 42.5 Å². The zero-order chi connectivity index (χ0) is 21.5. The molecule has 0 aliphatic carbocycles. The van der Waals surface area contributed by atoms with E-state index in [4.69, 9.17) is 4.74 Å². The lowest BCUT2D eigenvalue weighted by atomic mass is 10.1. The van der Waals surface area contributed by atoms with Crippen molar-refractivity contribution in [1.29, 1.82) is 0 Å². The molecule has 1 fully saturated rings. The molecule has 0 spiro atoms. The van der Waals surface area contributed by atoms with Crippen LogP contribution in [0.15, 0.2) is 59.6 Å². The molecule has 2 aromatic rings. The predicted octanol–water partition coefficient (Wildman–Crippen LogP) is 3.14. The van der Waals surface area contributed by atoms with E-state index < -0.39 is 0 Å². The predicted molar refractivity (Wildman–Crippen MR) is 120 cm³/mol. The van der Waals surface area contributed by atoms with Crippen molar-refractivity contribution in [1.82, 2.24) is 15.1 Å². The highest BCUT2D eigenvalue weighted by Crippen LogP contribution is 2.15.